The highest BCUT2D eigenvalue weighted by Crippen LogP contribution is 2.35. The first-order chi connectivity index (χ1) is 9.20. The van der Waals surface area contributed by atoms with Crippen molar-refractivity contribution in [3.05, 3.63) is 26.6 Å². The molecule has 2 rings (SSSR count). The Hall–Kier alpha value is -0.100. The van der Waals surface area contributed by atoms with E-state index in [4.69, 9.17) is 9.47 Å². The van der Waals surface area contributed by atoms with Crippen LogP contribution in [0, 0.1) is 5.92 Å². The van der Waals surface area contributed by atoms with E-state index in [0.717, 1.165) is 47.4 Å². The van der Waals surface area contributed by atoms with Crippen molar-refractivity contribution in [3.8, 4) is 5.75 Å². The van der Waals surface area contributed by atoms with Crippen LogP contribution in [0.15, 0.2) is 21.1 Å². The summed E-state index contributed by atoms with van der Waals surface area (Å²) in [6.45, 7) is 6.32. The molecule has 1 aliphatic heterocycles. The lowest BCUT2D eigenvalue weighted by Crippen LogP contribution is -2.13. The molecule has 0 spiro atoms. The molecule has 5 heteroatoms. The van der Waals surface area contributed by atoms with Gasteiger partial charge >= 0.3 is 0 Å². The second-order valence-electron chi connectivity index (χ2n) is 4.71. The molecule has 106 valence electrons. The van der Waals surface area contributed by atoms with Gasteiger partial charge in [0.15, 0.2) is 0 Å². The molecule has 1 atom stereocenters. The molecule has 1 unspecified atom stereocenters. The lowest BCUT2D eigenvalue weighted by Gasteiger charge is -2.14. The summed E-state index contributed by atoms with van der Waals surface area (Å²) in [5, 5.41) is 3.32. The zero-order valence-corrected chi connectivity index (χ0v) is 14.2. The molecule has 1 aromatic rings. The van der Waals surface area contributed by atoms with Crippen LogP contribution in [-0.4, -0.2) is 26.4 Å². The molecular formula is C14H19Br2NO2. The topological polar surface area (TPSA) is 30.5 Å². The molecule has 1 fully saturated rings. The number of hydrogen-bond donors (Lipinski definition) is 1. The highest BCUT2D eigenvalue weighted by molar-refractivity contribution is 9.11. The van der Waals surface area contributed by atoms with Crippen LogP contribution in [0.25, 0.3) is 0 Å². The van der Waals surface area contributed by atoms with Gasteiger partial charge in [-0.3, -0.25) is 0 Å². The summed E-state index contributed by atoms with van der Waals surface area (Å²) in [5.41, 5.74) is 1.23. The van der Waals surface area contributed by atoms with Gasteiger partial charge in [0.2, 0.25) is 0 Å². The van der Waals surface area contributed by atoms with E-state index in [1.165, 1.54) is 5.56 Å². The average molecular weight is 393 g/mol. The van der Waals surface area contributed by atoms with Crippen molar-refractivity contribution in [1.29, 1.82) is 0 Å². The molecule has 0 aliphatic carbocycles. The number of hydrogen-bond acceptors (Lipinski definition) is 3. The van der Waals surface area contributed by atoms with E-state index in [1.54, 1.807) is 0 Å². The maximum atomic E-state index is 5.92. The molecule has 1 aromatic carbocycles. The van der Waals surface area contributed by atoms with Crippen molar-refractivity contribution < 1.29 is 9.47 Å². The van der Waals surface area contributed by atoms with Gasteiger partial charge < -0.3 is 14.8 Å². The molecule has 1 N–H and O–H groups in total. The summed E-state index contributed by atoms with van der Waals surface area (Å²) in [7, 11) is 0. The summed E-state index contributed by atoms with van der Waals surface area (Å²) in [6, 6.07) is 4.21. The van der Waals surface area contributed by atoms with Gasteiger partial charge in [0, 0.05) is 19.1 Å². The first-order valence-corrected chi connectivity index (χ1v) is 8.18. The molecule has 0 radical (unpaired) electrons. The molecule has 19 heavy (non-hydrogen) atoms. The van der Waals surface area contributed by atoms with Crippen molar-refractivity contribution >= 4 is 31.9 Å². The maximum absolute atomic E-state index is 5.92. The Balaban J connectivity index is 1.99. The van der Waals surface area contributed by atoms with Crippen molar-refractivity contribution in [3.63, 3.8) is 0 Å². The minimum Gasteiger partial charge on any atom is -0.491 e. The number of rotatable bonds is 6. The lowest BCUT2D eigenvalue weighted by molar-refractivity contribution is 0.166. The summed E-state index contributed by atoms with van der Waals surface area (Å²) in [5.74, 6) is 1.40. The molecular weight excluding hydrogens is 374 g/mol. The van der Waals surface area contributed by atoms with Gasteiger partial charge in [-0.1, -0.05) is 6.92 Å². The van der Waals surface area contributed by atoms with Crippen LogP contribution >= 0.6 is 31.9 Å². The van der Waals surface area contributed by atoms with Gasteiger partial charge in [0.05, 0.1) is 22.2 Å². The van der Waals surface area contributed by atoms with Crippen molar-refractivity contribution in [2.45, 2.75) is 19.9 Å². The first kappa shape index (κ1) is 15.3. The smallest absolute Gasteiger partial charge is 0.147 e. The van der Waals surface area contributed by atoms with Gasteiger partial charge in [-0.25, -0.2) is 0 Å². The standard InChI is InChI=1S/C14H19Br2NO2/c1-2-17-7-11-5-12(15)14(13(16)6-11)19-9-10-3-4-18-8-10/h5-6,10,17H,2-4,7-9H2,1H3. The predicted octanol–water partition coefficient (Wildman–Crippen LogP) is 3.74. The molecule has 0 saturated carbocycles. The monoisotopic (exact) mass is 391 g/mol. The van der Waals surface area contributed by atoms with E-state index in [1.807, 2.05) is 0 Å². The van der Waals surface area contributed by atoms with E-state index in [9.17, 15) is 0 Å². The zero-order valence-electron chi connectivity index (χ0n) is 11.0. The molecule has 1 heterocycles. The minimum absolute atomic E-state index is 0.514. The molecule has 0 amide bonds. The summed E-state index contributed by atoms with van der Waals surface area (Å²) in [4.78, 5) is 0. The fourth-order valence-electron chi connectivity index (χ4n) is 2.04. The van der Waals surface area contributed by atoms with Crippen molar-refractivity contribution in [2.24, 2.45) is 5.92 Å². The average Bonchev–Trinajstić information content (AvgIpc) is 2.88. The summed E-state index contributed by atoms with van der Waals surface area (Å²) < 4.78 is 13.3. The Morgan fingerprint density at radius 1 is 1.37 bits per heavy atom. The van der Waals surface area contributed by atoms with Gasteiger partial charge in [-0.2, -0.15) is 0 Å². The third-order valence-corrected chi connectivity index (χ3v) is 4.30. The summed E-state index contributed by atoms with van der Waals surface area (Å²) in [6.07, 6.45) is 1.09. The number of ether oxygens (including phenoxy) is 2. The van der Waals surface area contributed by atoms with Crippen LogP contribution in [0.3, 0.4) is 0 Å². The molecule has 0 bridgehead atoms. The predicted molar refractivity (Wildman–Crippen MR) is 83.6 cm³/mol. The Bertz CT molecular complexity index is 397. The Morgan fingerprint density at radius 2 is 2.11 bits per heavy atom. The highest BCUT2D eigenvalue weighted by atomic mass is 79.9. The fourth-order valence-corrected chi connectivity index (χ4v) is 3.55. The van der Waals surface area contributed by atoms with E-state index in [-0.39, 0.29) is 0 Å². The third kappa shape index (κ3) is 4.45. The Kier molecular flexibility index (Phi) is 6.13. The van der Waals surface area contributed by atoms with Crippen molar-refractivity contribution in [1.82, 2.24) is 5.32 Å². The lowest BCUT2D eigenvalue weighted by atomic mass is 10.1. The number of benzene rings is 1. The molecule has 1 saturated heterocycles. The number of halogens is 2. The van der Waals surface area contributed by atoms with Crippen molar-refractivity contribution in [2.75, 3.05) is 26.4 Å². The van der Waals surface area contributed by atoms with E-state index in [2.05, 4.69) is 56.2 Å². The van der Waals surface area contributed by atoms with Gasteiger partial charge in [0.1, 0.15) is 5.75 Å². The molecule has 1 aliphatic rings. The fraction of sp³-hybridized carbons (Fsp3) is 0.571. The van der Waals surface area contributed by atoms with Gasteiger partial charge in [-0.05, 0) is 62.5 Å². The minimum atomic E-state index is 0.514. The van der Waals surface area contributed by atoms with E-state index >= 15 is 0 Å². The van der Waals surface area contributed by atoms with Crippen LogP contribution < -0.4 is 10.1 Å². The van der Waals surface area contributed by atoms with Crippen LogP contribution in [0.2, 0.25) is 0 Å². The SMILES string of the molecule is CCNCc1cc(Br)c(OCC2CCOC2)c(Br)c1. The first-order valence-electron chi connectivity index (χ1n) is 6.60. The second-order valence-corrected chi connectivity index (χ2v) is 6.42. The maximum Gasteiger partial charge on any atom is 0.147 e. The molecule has 0 aromatic heterocycles. The van der Waals surface area contributed by atoms with Crippen LogP contribution in [0.5, 0.6) is 5.75 Å². The second kappa shape index (κ2) is 7.62. The molecule has 3 nitrogen and oxygen atoms in total. The largest absolute Gasteiger partial charge is 0.491 e. The third-order valence-electron chi connectivity index (χ3n) is 3.12. The Morgan fingerprint density at radius 3 is 2.68 bits per heavy atom. The zero-order chi connectivity index (χ0) is 13.7. The van der Waals surface area contributed by atoms with Gasteiger partial charge in [-0.15, -0.1) is 0 Å². The Labute approximate surface area is 131 Å². The quantitative estimate of drug-likeness (QED) is 0.799. The van der Waals surface area contributed by atoms with Crippen LogP contribution in [0.4, 0.5) is 0 Å². The van der Waals surface area contributed by atoms with Gasteiger partial charge in [0.25, 0.3) is 0 Å². The van der Waals surface area contributed by atoms with E-state index in [0.29, 0.717) is 12.5 Å². The highest BCUT2D eigenvalue weighted by Gasteiger charge is 2.18. The normalized spacial score (nSPS) is 18.8. The van der Waals surface area contributed by atoms with Crippen LogP contribution in [-0.2, 0) is 11.3 Å². The number of nitrogens with one attached hydrogen (secondary N) is 1. The summed E-state index contributed by atoms with van der Waals surface area (Å²) >= 11 is 7.17. The van der Waals surface area contributed by atoms with Crippen LogP contribution in [0.1, 0.15) is 18.9 Å². The van der Waals surface area contributed by atoms with E-state index < -0.39 is 0 Å².